The number of Topliss-reactive ketones (excluding diaryl/α,β-unsaturated/α-hetero) is 1. The SMILES string of the molecule is Cc1cc(C)c(C2=C(O)[C@@H]3C4OC(CC4Br)[C@@H]3C2=O)c(C)c1. The summed E-state index contributed by atoms with van der Waals surface area (Å²) in [6.45, 7) is 6.07. The Bertz CT molecular complexity index is 698. The summed E-state index contributed by atoms with van der Waals surface area (Å²) in [5, 5.41) is 10.8. The van der Waals surface area contributed by atoms with Gasteiger partial charge in [0.15, 0.2) is 5.78 Å². The Morgan fingerprint density at radius 3 is 2.45 bits per heavy atom. The first-order valence-corrected chi connectivity index (χ1v) is 8.66. The highest BCUT2D eigenvalue weighted by Gasteiger charge is 2.62. The molecule has 5 atom stereocenters. The minimum atomic E-state index is -0.200. The van der Waals surface area contributed by atoms with Gasteiger partial charge in [0.1, 0.15) is 5.76 Å². The highest BCUT2D eigenvalue weighted by molar-refractivity contribution is 9.09. The molecule has 1 aliphatic carbocycles. The van der Waals surface area contributed by atoms with Gasteiger partial charge < -0.3 is 9.84 Å². The second kappa shape index (κ2) is 4.68. The van der Waals surface area contributed by atoms with Gasteiger partial charge in [-0.2, -0.15) is 0 Å². The van der Waals surface area contributed by atoms with Crippen molar-refractivity contribution < 1.29 is 14.6 Å². The van der Waals surface area contributed by atoms with Crippen LogP contribution in [0.1, 0.15) is 28.7 Å². The standard InChI is InChI=1S/C18H19BrO3/c1-7-4-8(2)12(9(3)5-7)14-16(20)13-11-6-10(19)18(22-11)15(13)17(14)21/h4-5,10-11,13,15,18,21H,6H2,1-3H3/t10?,11?,13-,15+,18?/m0/s1. The van der Waals surface area contributed by atoms with Crippen molar-refractivity contribution in [1.82, 2.24) is 0 Å². The number of carbonyl (C=O) groups is 1. The first-order valence-electron chi connectivity index (χ1n) is 7.75. The summed E-state index contributed by atoms with van der Waals surface area (Å²) in [7, 11) is 0. The number of hydrogen-bond donors (Lipinski definition) is 1. The molecule has 3 nitrogen and oxygen atoms in total. The molecule has 2 bridgehead atoms. The molecule has 0 aromatic heterocycles. The smallest absolute Gasteiger partial charge is 0.173 e. The van der Waals surface area contributed by atoms with Gasteiger partial charge in [0, 0.05) is 4.83 Å². The van der Waals surface area contributed by atoms with Gasteiger partial charge in [0.25, 0.3) is 0 Å². The average Bonchev–Trinajstić information content (AvgIpc) is 3.03. The molecule has 2 fully saturated rings. The quantitative estimate of drug-likeness (QED) is 0.775. The van der Waals surface area contributed by atoms with E-state index < -0.39 is 0 Å². The van der Waals surface area contributed by atoms with E-state index in [1.54, 1.807) is 0 Å². The summed E-state index contributed by atoms with van der Waals surface area (Å²) in [4.78, 5) is 13.2. The highest BCUT2D eigenvalue weighted by atomic mass is 79.9. The van der Waals surface area contributed by atoms with Gasteiger partial charge in [0.05, 0.1) is 29.6 Å². The summed E-state index contributed by atoms with van der Waals surface area (Å²) in [6.07, 6.45) is 0.712. The summed E-state index contributed by atoms with van der Waals surface area (Å²) >= 11 is 3.62. The maximum Gasteiger partial charge on any atom is 0.173 e. The van der Waals surface area contributed by atoms with Crippen LogP contribution in [0, 0.1) is 32.6 Å². The number of allylic oxidation sites excluding steroid dienone is 1. The minimum Gasteiger partial charge on any atom is -0.511 e. The summed E-state index contributed by atoms with van der Waals surface area (Å²) in [5.41, 5.74) is 4.72. The Kier molecular flexibility index (Phi) is 3.08. The molecule has 2 saturated heterocycles. The molecular weight excluding hydrogens is 344 g/mol. The van der Waals surface area contributed by atoms with Gasteiger partial charge in [-0.1, -0.05) is 33.6 Å². The number of fused-ring (bicyclic) bond motifs is 5. The topological polar surface area (TPSA) is 46.5 Å². The van der Waals surface area contributed by atoms with Gasteiger partial charge in [-0.05, 0) is 43.9 Å². The van der Waals surface area contributed by atoms with Crippen molar-refractivity contribution in [3.63, 3.8) is 0 Å². The molecular formula is C18H19BrO3. The van der Waals surface area contributed by atoms with Crippen molar-refractivity contribution in [2.24, 2.45) is 11.8 Å². The third kappa shape index (κ3) is 1.74. The lowest BCUT2D eigenvalue weighted by Crippen LogP contribution is -2.34. The maximum atomic E-state index is 13.0. The molecule has 0 saturated carbocycles. The maximum absolute atomic E-state index is 13.0. The van der Waals surface area contributed by atoms with Crippen LogP contribution in [0.15, 0.2) is 17.9 Å². The lowest BCUT2D eigenvalue weighted by molar-refractivity contribution is -0.118. The molecule has 116 valence electrons. The summed E-state index contributed by atoms with van der Waals surface area (Å²) < 4.78 is 5.89. The van der Waals surface area contributed by atoms with E-state index in [-0.39, 0.29) is 40.4 Å². The van der Waals surface area contributed by atoms with Crippen LogP contribution in [0.3, 0.4) is 0 Å². The van der Waals surface area contributed by atoms with Crippen LogP contribution >= 0.6 is 15.9 Å². The number of alkyl halides is 1. The van der Waals surface area contributed by atoms with Crippen LogP contribution in [0.25, 0.3) is 5.57 Å². The van der Waals surface area contributed by atoms with Crippen LogP contribution in [0.4, 0.5) is 0 Å². The third-order valence-corrected chi connectivity index (χ3v) is 6.23. The molecule has 1 aromatic rings. The molecule has 2 aliphatic heterocycles. The Morgan fingerprint density at radius 2 is 1.82 bits per heavy atom. The number of hydrogen-bond acceptors (Lipinski definition) is 3. The van der Waals surface area contributed by atoms with Crippen LogP contribution < -0.4 is 0 Å². The van der Waals surface area contributed by atoms with Crippen LogP contribution in [-0.4, -0.2) is 27.9 Å². The number of aliphatic hydroxyl groups is 1. The molecule has 1 aromatic carbocycles. The fourth-order valence-electron chi connectivity index (χ4n) is 4.62. The zero-order valence-electron chi connectivity index (χ0n) is 12.9. The second-order valence-corrected chi connectivity index (χ2v) is 8.02. The molecule has 0 amide bonds. The van der Waals surface area contributed by atoms with E-state index in [0.717, 1.165) is 23.1 Å². The zero-order valence-corrected chi connectivity index (χ0v) is 14.5. The second-order valence-electron chi connectivity index (χ2n) is 6.84. The first-order chi connectivity index (χ1) is 10.4. The van der Waals surface area contributed by atoms with Crippen LogP contribution in [-0.2, 0) is 9.53 Å². The van der Waals surface area contributed by atoms with E-state index in [1.165, 1.54) is 5.56 Å². The van der Waals surface area contributed by atoms with E-state index in [1.807, 2.05) is 20.8 Å². The molecule has 1 N–H and O–H groups in total. The van der Waals surface area contributed by atoms with Crippen LogP contribution in [0.5, 0.6) is 0 Å². The minimum absolute atomic E-state index is 0.0578. The molecule has 3 aliphatic rings. The van der Waals surface area contributed by atoms with Crippen molar-refractivity contribution in [2.45, 2.75) is 44.2 Å². The number of ketones is 1. The Labute approximate surface area is 138 Å². The Morgan fingerprint density at radius 1 is 1.18 bits per heavy atom. The molecule has 3 unspecified atom stereocenters. The van der Waals surface area contributed by atoms with E-state index in [2.05, 4.69) is 28.1 Å². The third-order valence-electron chi connectivity index (χ3n) is 5.34. The number of ether oxygens (including phenoxy) is 1. The fourth-order valence-corrected chi connectivity index (χ4v) is 5.44. The number of rotatable bonds is 1. The van der Waals surface area contributed by atoms with Crippen molar-refractivity contribution in [2.75, 3.05) is 0 Å². The lowest BCUT2D eigenvalue weighted by Gasteiger charge is -2.23. The van der Waals surface area contributed by atoms with Gasteiger partial charge in [-0.15, -0.1) is 0 Å². The molecule has 4 heteroatoms. The van der Waals surface area contributed by atoms with E-state index in [4.69, 9.17) is 4.74 Å². The summed E-state index contributed by atoms with van der Waals surface area (Å²) in [5.74, 6) is -0.0780. The van der Waals surface area contributed by atoms with Crippen molar-refractivity contribution in [3.8, 4) is 0 Å². The fraction of sp³-hybridized carbons (Fsp3) is 0.500. The molecule has 4 rings (SSSR count). The number of aryl methyl sites for hydroxylation is 3. The monoisotopic (exact) mass is 362 g/mol. The van der Waals surface area contributed by atoms with Gasteiger partial charge >= 0.3 is 0 Å². The number of benzene rings is 1. The van der Waals surface area contributed by atoms with Crippen LogP contribution in [0.2, 0.25) is 0 Å². The van der Waals surface area contributed by atoms with Crippen molar-refractivity contribution in [3.05, 3.63) is 40.1 Å². The highest BCUT2D eigenvalue weighted by Crippen LogP contribution is 2.55. The van der Waals surface area contributed by atoms with Crippen molar-refractivity contribution >= 4 is 27.3 Å². The first kappa shape index (κ1) is 14.5. The average molecular weight is 363 g/mol. The van der Waals surface area contributed by atoms with Gasteiger partial charge in [-0.3, -0.25) is 4.79 Å². The zero-order chi connectivity index (χ0) is 15.8. The van der Waals surface area contributed by atoms with Gasteiger partial charge in [-0.25, -0.2) is 0 Å². The number of halogens is 1. The van der Waals surface area contributed by atoms with Crippen molar-refractivity contribution in [1.29, 1.82) is 0 Å². The van der Waals surface area contributed by atoms with E-state index in [0.29, 0.717) is 5.57 Å². The van der Waals surface area contributed by atoms with Gasteiger partial charge in [0.2, 0.25) is 0 Å². The molecule has 2 heterocycles. The Balaban J connectivity index is 1.87. The predicted octanol–water partition coefficient (Wildman–Crippen LogP) is 3.63. The largest absolute Gasteiger partial charge is 0.511 e. The molecule has 0 radical (unpaired) electrons. The number of carbonyl (C=O) groups excluding carboxylic acids is 1. The van der Waals surface area contributed by atoms with E-state index in [9.17, 15) is 9.90 Å². The summed E-state index contributed by atoms with van der Waals surface area (Å²) in [6, 6.07) is 4.14. The predicted molar refractivity (Wildman–Crippen MR) is 88.2 cm³/mol. The lowest BCUT2D eigenvalue weighted by atomic mass is 9.80. The number of aliphatic hydroxyl groups excluding tert-OH is 1. The Hall–Kier alpha value is -1.13. The van der Waals surface area contributed by atoms with E-state index >= 15 is 0 Å². The normalized spacial score (nSPS) is 36.4. The molecule has 0 spiro atoms. The molecule has 22 heavy (non-hydrogen) atoms.